The maximum absolute atomic E-state index is 5.92. The van der Waals surface area contributed by atoms with Crippen molar-refractivity contribution in [1.82, 2.24) is 0 Å². The highest BCUT2D eigenvalue weighted by atomic mass is 79.9. The Kier molecular flexibility index (Phi) is 4.34. The van der Waals surface area contributed by atoms with E-state index in [1.165, 1.54) is 16.7 Å². The van der Waals surface area contributed by atoms with Gasteiger partial charge < -0.3 is 5.73 Å². The van der Waals surface area contributed by atoms with E-state index in [1.54, 1.807) is 0 Å². The highest BCUT2D eigenvalue weighted by Gasteiger charge is 2.06. The number of rotatable bonds is 3. The molecule has 0 saturated carbocycles. The average molecular weight is 302 g/mol. The maximum atomic E-state index is 5.92. The molecule has 0 heterocycles. The quantitative estimate of drug-likeness (QED) is 0.902. The van der Waals surface area contributed by atoms with Gasteiger partial charge in [-0.2, -0.15) is 0 Å². The molecule has 2 N–H and O–H groups in total. The molecule has 92 valence electrons. The maximum Gasteiger partial charge on any atom is 0.0204 e. The van der Waals surface area contributed by atoms with Gasteiger partial charge in [0.15, 0.2) is 0 Å². The zero-order chi connectivity index (χ0) is 13.0. The van der Waals surface area contributed by atoms with Crippen LogP contribution in [-0.2, 0) is 0 Å². The van der Waals surface area contributed by atoms with Crippen LogP contribution in [0.4, 0.5) is 0 Å². The molecule has 0 aromatic heterocycles. The van der Waals surface area contributed by atoms with Crippen LogP contribution in [0, 0.1) is 0 Å². The van der Waals surface area contributed by atoms with Gasteiger partial charge in [0, 0.05) is 10.5 Å². The van der Waals surface area contributed by atoms with E-state index >= 15 is 0 Å². The summed E-state index contributed by atoms with van der Waals surface area (Å²) in [6.45, 7) is 1.99. The van der Waals surface area contributed by atoms with Crippen LogP contribution in [0.3, 0.4) is 0 Å². The van der Waals surface area contributed by atoms with Gasteiger partial charge in [0.25, 0.3) is 0 Å². The van der Waals surface area contributed by atoms with Gasteiger partial charge in [-0.15, -0.1) is 0 Å². The molecular formula is C16H16BrN. The molecule has 2 rings (SSSR count). The summed E-state index contributed by atoms with van der Waals surface area (Å²) < 4.78 is 1.08. The van der Waals surface area contributed by atoms with Crippen molar-refractivity contribution in [2.75, 3.05) is 0 Å². The lowest BCUT2D eigenvalue weighted by molar-refractivity contribution is 0.927. The van der Waals surface area contributed by atoms with Crippen molar-refractivity contribution >= 4 is 21.5 Å². The summed E-state index contributed by atoms with van der Waals surface area (Å²) in [7, 11) is 0. The van der Waals surface area contributed by atoms with Crippen LogP contribution in [0.1, 0.15) is 18.1 Å². The molecule has 0 amide bonds. The summed E-state index contributed by atoms with van der Waals surface area (Å²) in [5, 5.41) is 0. The predicted molar refractivity (Wildman–Crippen MR) is 81.3 cm³/mol. The molecule has 0 aliphatic carbocycles. The number of benzene rings is 2. The van der Waals surface area contributed by atoms with E-state index in [0.717, 1.165) is 4.47 Å². The van der Waals surface area contributed by atoms with Gasteiger partial charge in [0.1, 0.15) is 0 Å². The topological polar surface area (TPSA) is 26.0 Å². The molecule has 0 bridgehead atoms. The van der Waals surface area contributed by atoms with Gasteiger partial charge in [-0.1, -0.05) is 64.5 Å². The van der Waals surface area contributed by atoms with Crippen LogP contribution >= 0.6 is 15.9 Å². The Morgan fingerprint density at radius 2 is 1.72 bits per heavy atom. The lowest BCUT2D eigenvalue weighted by Crippen LogP contribution is -2.11. The monoisotopic (exact) mass is 301 g/mol. The van der Waals surface area contributed by atoms with Crippen LogP contribution in [-0.4, -0.2) is 6.04 Å². The van der Waals surface area contributed by atoms with Crippen molar-refractivity contribution in [1.29, 1.82) is 0 Å². The fourth-order valence-corrected chi connectivity index (χ4v) is 2.29. The normalized spacial score (nSPS) is 13.4. The number of hydrogen-bond acceptors (Lipinski definition) is 1. The van der Waals surface area contributed by atoms with Gasteiger partial charge in [-0.25, -0.2) is 0 Å². The second-order valence-electron chi connectivity index (χ2n) is 4.32. The minimum Gasteiger partial charge on any atom is -0.325 e. The zero-order valence-corrected chi connectivity index (χ0v) is 11.9. The van der Waals surface area contributed by atoms with E-state index in [0.29, 0.717) is 0 Å². The van der Waals surface area contributed by atoms with Crippen molar-refractivity contribution in [2.45, 2.75) is 13.0 Å². The highest BCUT2D eigenvalue weighted by molar-refractivity contribution is 9.10. The first-order valence-electron chi connectivity index (χ1n) is 5.95. The van der Waals surface area contributed by atoms with E-state index in [1.807, 2.05) is 37.3 Å². The Morgan fingerprint density at radius 1 is 1.06 bits per heavy atom. The van der Waals surface area contributed by atoms with Crippen molar-refractivity contribution in [3.05, 3.63) is 76.3 Å². The second-order valence-corrected chi connectivity index (χ2v) is 5.23. The molecule has 0 fully saturated rings. The third-order valence-corrected chi connectivity index (χ3v) is 3.14. The predicted octanol–water partition coefficient (Wildman–Crippen LogP) is 4.23. The van der Waals surface area contributed by atoms with Crippen molar-refractivity contribution in [3.8, 4) is 0 Å². The summed E-state index contributed by atoms with van der Waals surface area (Å²) in [5.74, 6) is 0. The smallest absolute Gasteiger partial charge is 0.0204 e. The van der Waals surface area contributed by atoms with E-state index in [9.17, 15) is 0 Å². The summed E-state index contributed by atoms with van der Waals surface area (Å²) >= 11 is 3.51. The summed E-state index contributed by atoms with van der Waals surface area (Å²) in [5.41, 5.74) is 9.45. The summed E-state index contributed by atoms with van der Waals surface area (Å²) in [4.78, 5) is 0. The highest BCUT2D eigenvalue weighted by Crippen LogP contribution is 2.25. The number of hydrogen-bond donors (Lipinski definition) is 1. The van der Waals surface area contributed by atoms with E-state index in [2.05, 4.69) is 46.3 Å². The Labute approximate surface area is 116 Å². The lowest BCUT2D eigenvalue weighted by atomic mass is 9.96. The minimum absolute atomic E-state index is 0.0270. The molecule has 0 aliphatic heterocycles. The summed E-state index contributed by atoms with van der Waals surface area (Å²) in [6.07, 6.45) is 2.09. The number of halogens is 1. The molecule has 0 aliphatic rings. The van der Waals surface area contributed by atoms with Gasteiger partial charge >= 0.3 is 0 Å². The molecule has 18 heavy (non-hydrogen) atoms. The molecule has 2 heteroatoms. The SMILES string of the molecule is CC(N)C=C(c1ccccc1)c1cccc(Br)c1. The molecular weight excluding hydrogens is 286 g/mol. The van der Waals surface area contributed by atoms with Gasteiger partial charge in [-0.05, 0) is 35.8 Å². The standard InChI is InChI=1S/C16H16BrN/c1-12(18)10-16(13-6-3-2-4-7-13)14-8-5-9-15(17)11-14/h2-12H,18H2,1H3. The van der Waals surface area contributed by atoms with Crippen molar-refractivity contribution < 1.29 is 0 Å². The Bertz CT molecular complexity index is 544. The fraction of sp³-hybridized carbons (Fsp3) is 0.125. The third-order valence-electron chi connectivity index (χ3n) is 2.65. The van der Waals surface area contributed by atoms with E-state index in [4.69, 9.17) is 5.73 Å². The first kappa shape index (κ1) is 13.1. The molecule has 2 aromatic carbocycles. The van der Waals surface area contributed by atoms with Crippen LogP contribution in [0.15, 0.2) is 65.1 Å². The lowest BCUT2D eigenvalue weighted by Gasteiger charge is -2.10. The average Bonchev–Trinajstić information content (AvgIpc) is 2.37. The van der Waals surface area contributed by atoms with Crippen LogP contribution in [0.2, 0.25) is 0 Å². The summed E-state index contributed by atoms with van der Waals surface area (Å²) in [6, 6.07) is 18.6. The molecule has 0 saturated heterocycles. The van der Waals surface area contributed by atoms with Crippen molar-refractivity contribution in [3.63, 3.8) is 0 Å². The van der Waals surface area contributed by atoms with E-state index in [-0.39, 0.29) is 6.04 Å². The molecule has 0 spiro atoms. The Hall–Kier alpha value is -1.38. The molecule has 1 nitrogen and oxygen atoms in total. The van der Waals surface area contributed by atoms with Gasteiger partial charge in [0.2, 0.25) is 0 Å². The minimum atomic E-state index is 0.0270. The van der Waals surface area contributed by atoms with Gasteiger partial charge in [0.05, 0.1) is 0 Å². The Balaban J connectivity index is 2.51. The van der Waals surface area contributed by atoms with Crippen molar-refractivity contribution in [2.24, 2.45) is 5.73 Å². The van der Waals surface area contributed by atoms with Crippen LogP contribution in [0.5, 0.6) is 0 Å². The second kappa shape index (κ2) is 5.98. The largest absolute Gasteiger partial charge is 0.325 e. The Morgan fingerprint density at radius 3 is 2.33 bits per heavy atom. The van der Waals surface area contributed by atoms with Gasteiger partial charge in [-0.3, -0.25) is 0 Å². The molecule has 0 radical (unpaired) electrons. The van der Waals surface area contributed by atoms with Crippen LogP contribution < -0.4 is 5.73 Å². The van der Waals surface area contributed by atoms with E-state index < -0.39 is 0 Å². The molecule has 1 atom stereocenters. The molecule has 1 unspecified atom stereocenters. The number of nitrogens with two attached hydrogens (primary N) is 1. The fourth-order valence-electron chi connectivity index (χ4n) is 1.90. The zero-order valence-electron chi connectivity index (χ0n) is 10.3. The third kappa shape index (κ3) is 3.31. The molecule has 2 aromatic rings. The first-order chi connectivity index (χ1) is 8.66. The first-order valence-corrected chi connectivity index (χ1v) is 6.75. The van der Waals surface area contributed by atoms with Crippen LogP contribution in [0.25, 0.3) is 5.57 Å².